The second kappa shape index (κ2) is 8.08. The minimum atomic E-state index is 0.267. The fourth-order valence-corrected chi connectivity index (χ4v) is 2.25. The van der Waals surface area contributed by atoms with Gasteiger partial charge in [0.25, 0.3) is 0 Å². The highest BCUT2D eigenvalue weighted by Gasteiger charge is 2.13. The topological polar surface area (TPSA) is 26.3 Å². The van der Waals surface area contributed by atoms with Crippen molar-refractivity contribution < 1.29 is 9.53 Å². The molecule has 0 amide bonds. The summed E-state index contributed by atoms with van der Waals surface area (Å²) in [6, 6.07) is 6.48. The number of hydrogen-bond donors (Lipinski definition) is 0. The fourth-order valence-electron chi connectivity index (χ4n) is 2.25. The van der Waals surface area contributed by atoms with Gasteiger partial charge < -0.3 is 9.53 Å². The number of hydrogen-bond acceptors (Lipinski definition) is 2. The van der Waals surface area contributed by atoms with Gasteiger partial charge in [-0.25, -0.2) is 0 Å². The zero-order valence-electron chi connectivity index (χ0n) is 13.5. The highest BCUT2D eigenvalue weighted by atomic mass is 16.5. The third kappa shape index (κ3) is 4.99. The first-order chi connectivity index (χ1) is 9.45. The van der Waals surface area contributed by atoms with Gasteiger partial charge in [-0.05, 0) is 48.8 Å². The molecule has 0 radical (unpaired) electrons. The molecule has 0 aliphatic carbocycles. The van der Waals surface area contributed by atoms with Gasteiger partial charge in [0.2, 0.25) is 0 Å². The van der Waals surface area contributed by atoms with Gasteiger partial charge in [-0.2, -0.15) is 0 Å². The van der Waals surface area contributed by atoms with Crippen LogP contribution in [0.15, 0.2) is 18.2 Å². The highest BCUT2D eigenvalue weighted by Crippen LogP contribution is 2.31. The van der Waals surface area contributed by atoms with Crippen LogP contribution in [0.1, 0.15) is 76.8 Å². The van der Waals surface area contributed by atoms with Gasteiger partial charge in [0.15, 0.2) is 0 Å². The summed E-state index contributed by atoms with van der Waals surface area (Å²) < 4.78 is 5.83. The Kier molecular flexibility index (Phi) is 6.77. The summed E-state index contributed by atoms with van der Waals surface area (Å²) >= 11 is 0. The van der Waals surface area contributed by atoms with E-state index >= 15 is 0 Å². The summed E-state index contributed by atoms with van der Waals surface area (Å²) in [6.07, 6.45) is 2.60. The van der Waals surface area contributed by atoms with Crippen molar-refractivity contribution in [2.75, 3.05) is 6.61 Å². The smallest absolute Gasteiger partial charge is 0.129 e. The number of benzene rings is 1. The van der Waals surface area contributed by atoms with Crippen molar-refractivity contribution in [1.29, 1.82) is 0 Å². The van der Waals surface area contributed by atoms with E-state index in [-0.39, 0.29) is 5.78 Å². The number of ether oxygens (including phenoxy) is 1. The van der Waals surface area contributed by atoms with E-state index in [4.69, 9.17) is 4.74 Å². The van der Waals surface area contributed by atoms with Gasteiger partial charge >= 0.3 is 0 Å². The van der Waals surface area contributed by atoms with Crippen molar-refractivity contribution in [3.8, 4) is 5.75 Å². The standard InChI is InChI=1S/C18H28O2/c1-6-11-20-18-10-9-16(12-17(18)13(2)3)14(4)7-8-15(5)19/h9-10,12-14H,6-8,11H2,1-5H3. The number of Topliss-reactive ketones (excluding diaryl/α,β-unsaturated/α-hetero) is 1. The molecule has 1 atom stereocenters. The average Bonchev–Trinajstić information content (AvgIpc) is 2.42. The second-order valence-electron chi connectivity index (χ2n) is 5.94. The van der Waals surface area contributed by atoms with E-state index in [1.807, 2.05) is 0 Å². The van der Waals surface area contributed by atoms with Crippen LogP contribution in [0.2, 0.25) is 0 Å². The Hall–Kier alpha value is -1.31. The predicted octanol–water partition coefficient (Wildman–Crippen LogP) is 5.07. The Labute approximate surface area is 123 Å². The van der Waals surface area contributed by atoms with Gasteiger partial charge in [0.1, 0.15) is 11.5 Å². The zero-order valence-corrected chi connectivity index (χ0v) is 13.5. The molecule has 0 aliphatic heterocycles. The van der Waals surface area contributed by atoms with E-state index < -0.39 is 0 Å². The van der Waals surface area contributed by atoms with Crippen molar-refractivity contribution in [2.24, 2.45) is 0 Å². The summed E-state index contributed by atoms with van der Waals surface area (Å²) in [7, 11) is 0. The third-order valence-electron chi connectivity index (χ3n) is 3.62. The molecule has 20 heavy (non-hydrogen) atoms. The number of carbonyl (C=O) groups is 1. The lowest BCUT2D eigenvalue weighted by atomic mass is 9.91. The molecule has 1 aromatic carbocycles. The van der Waals surface area contributed by atoms with Crippen molar-refractivity contribution in [2.45, 2.75) is 65.7 Å². The van der Waals surface area contributed by atoms with Gasteiger partial charge in [-0.15, -0.1) is 0 Å². The number of carbonyl (C=O) groups excluding carboxylic acids is 1. The Morgan fingerprint density at radius 3 is 2.50 bits per heavy atom. The van der Waals surface area contributed by atoms with Crippen LogP contribution in [0.4, 0.5) is 0 Å². The molecule has 1 unspecified atom stereocenters. The molecule has 2 nitrogen and oxygen atoms in total. The van der Waals surface area contributed by atoms with Crippen LogP contribution in [-0.2, 0) is 4.79 Å². The SMILES string of the molecule is CCCOc1ccc(C(C)CCC(C)=O)cc1C(C)C. The monoisotopic (exact) mass is 276 g/mol. The van der Waals surface area contributed by atoms with Gasteiger partial charge in [0.05, 0.1) is 6.61 Å². The largest absolute Gasteiger partial charge is 0.493 e. The third-order valence-corrected chi connectivity index (χ3v) is 3.62. The van der Waals surface area contributed by atoms with Gasteiger partial charge in [-0.3, -0.25) is 0 Å². The van der Waals surface area contributed by atoms with Crippen LogP contribution >= 0.6 is 0 Å². The van der Waals surface area contributed by atoms with Crippen molar-refractivity contribution in [3.63, 3.8) is 0 Å². The van der Waals surface area contributed by atoms with Crippen molar-refractivity contribution >= 4 is 5.78 Å². The summed E-state index contributed by atoms with van der Waals surface area (Å²) in [5.41, 5.74) is 2.57. The summed E-state index contributed by atoms with van der Waals surface area (Å²) in [5.74, 6) is 2.13. The molecule has 0 aliphatic rings. The van der Waals surface area contributed by atoms with E-state index in [0.29, 0.717) is 18.3 Å². The van der Waals surface area contributed by atoms with Gasteiger partial charge in [0, 0.05) is 6.42 Å². The van der Waals surface area contributed by atoms with Crippen LogP contribution in [-0.4, -0.2) is 12.4 Å². The predicted molar refractivity (Wildman–Crippen MR) is 84.6 cm³/mol. The lowest BCUT2D eigenvalue weighted by Gasteiger charge is -2.18. The summed E-state index contributed by atoms with van der Waals surface area (Å²) in [4.78, 5) is 11.1. The Morgan fingerprint density at radius 2 is 1.95 bits per heavy atom. The lowest BCUT2D eigenvalue weighted by Crippen LogP contribution is -2.03. The van der Waals surface area contributed by atoms with Gasteiger partial charge in [-0.1, -0.05) is 39.8 Å². The maximum Gasteiger partial charge on any atom is 0.129 e. The maximum absolute atomic E-state index is 11.1. The Morgan fingerprint density at radius 1 is 1.25 bits per heavy atom. The first-order valence-electron chi connectivity index (χ1n) is 7.71. The van der Waals surface area contributed by atoms with E-state index in [1.54, 1.807) is 6.92 Å². The molecule has 0 saturated heterocycles. The summed E-state index contributed by atoms with van der Waals surface area (Å²) in [5, 5.41) is 0. The van der Waals surface area contributed by atoms with Crippen LogP contribution in [0, 0.1) is 0 Å². The quantitative estimate of drug-likeness (QED) is 0.662. The number of rotatable bonds is 8. The molecule has 0 N–H and O–H groups in total. The molecule has 112 valence electrons. The van der Waals surface area contributed by atoms with Crippen LogP contribution in [0.25, 0.3) is 0 Å². The second-order valence-corrected chi connectivity index (χ2v) is 5.94. The lowest BCUT2D eigenvalue weighted by molar-refractivity contribution is -0.117. The molecule has 0 bridgehead atoms. The molecule has 1 aromatic rings. The van der Waals surface area contributed by atoms with E-state index in [9.17, 15) is 4.79 Å². The molecule has 0 aromatic heterocycles. The fraction of sp³-hybridized carbons (Fsp3) is 0.611. The highest BCUT2D eigenvalue weighted by molar-refractivity contribution is 5.75. The Bertz CT molecular complexity index is 435. The first-order valence-corrected chi connectivity index (χ1v) is 7.71. The van der Waals surface area contributed by atoms with Crippen molar-refractivity contribution in [3.05, 3.63) is 29.3 Å². The van der Waals surface area contributed by atoms with E-state index in [1.165, 1.54) is 11.1 Å². The minimum absolute atomic E-state index is 0.267. The summed E-state index contributed by atoms with van der Waals surface area (Å²) in [6.45, 7) is 11.1. The molecule has 0 heterocycles. The molecule has 0 saturated carbocycles. The van der Waals surface area contributed by atoms with E-state index in [0.717, 1.165) is 25.2 Å². The van der Waals surface area contributed by atoms with E-state index in [2.05, 4.69) is 45.9 Å². The van der Waals surface area contributed by atoms with Crippen LogP contribution < -0.4 is 4.74 Å². The van der Waals surface area contributed by atoms with Crippen LogP contribution in [0.3, 0.4) is 0 Å². The molecule has 0 spiro atoms. The first kappa shape index (κ1) is 16.7. The molecule has 2 heteroatoms. The maximum atomic E-state index is 11.1. The molecular formula is C18H28O2. The molecular weight excluding hydrogens is 248 g/mol. The normalized spacial score (nSPS) is 12.5. The average molecular weight is 276 g/mol. The minimum Gasteiger partial charge on any atom is -0.493 e. The molecule has 0 fully saturated rings. The van der Waals surface area contributed by atoms with Crippen LogP contribution in [0.5, 0.6) is 5.75 Å². The molecule has 1 rings (SSSR count). The zero-order chi connectivity index (χ0) is 15.1. The number of ketones is 1. The Balaban J connectivity index is 2.88. The van der Waals surface area contributed by atoms with Crippen molar-refractivity contribution in [1.82, 2.24) is 0 Å².